The monoisotopic (exact) mass is 275 g/mol. The predicted molar refractivity (Wildman–Crippen MR) is 70.1 cm³/mol. The van der Waals surface area contributed by atoms with Crippen molar-refractivity contribution in [3.63, 3.8) is 0 Å². The lowest BCUT2D eigenvalue weighted by Gasteiger charge is -2.31. The van der Waals surface area contributed by atoms with Gasteiger partial charge in [-0.1, -0.05) is 11.6 Å². The van der Waals surface area contributed by atoms with Crippen molar-refractivity contribution in [1.82, 2.24) is 4.90 Å². The van der Waals surface area contributed by atoms with Crippen molar-refractivity contribution in [2.75, 3.05) is 19.0 Å². The molecule has 1 saturated heterocycles. The molecule has 4 heteroatoms. The highest BCUT2D eigenvalue weighted by Gasteiger charge is 2.19. The van der Waals surface area contributed by atoms with Crippen molar-refractivity contribution >= 4 is 23.2 Å². The largest absolute Gasteiger partial charge is 0.299 e. The maximum atomic E-state index is 13.6. The molecule has 1 fully saturated rings. The van der Waals surface area contributed by atoms with Crippen molar-refractivity contribution < 1.29 is 4.39 Å². The Morgan fingerprint density at radius 3 is 2.65 bits per heavy atom. The average Bonchev–Trinajstić information content (AvgIpc) is 2.35. The van der Waals surface area contributed by atoms with E-state index in [2.05, 4.69) is 4.90 Å². The minimum atomic E-state index is -0.172. The first-order chi connectivity index (χ1) is 8.19. The van der Waals surface area contributed by atoms with Crippen LogP contribution in [0.25, 0.3) is 0 Å². The summed E-state index contributed by atoms with van der Waals surface area (Å²) in [5.41, 5.74) is 0.682. The number of rotatable bonds is 3. The summed E-state index contributed by atoms with van der Waals surface area (Å²) in [6, 6.07) is 4.73. The number of halogens is 3. The Hall–Kier alpha value is -0.310. The summed E-state index contributed by atoms with van der Waals surface area (Å²) < 4.78 is 13.6. The number of benzene rings is 1. The summed E-state index contributed by atoms with van der Waals surface area (Å²) in [4.78, 5) is 2.26. The topological polar surface area (TPSA) is 3.24 Å². The molecular formula is C13H16Cl2FN. The molecule has 0 aromatic heterocycles. The molecular weight excluding hydrogens is 260 g/mol. The smallest absolute Gasteiger partial charge is 0.127 e. The molecule has 1 aliphatic rings. The van der Waals surface area contributed by atoms with Gasteiger partial charge in [0.25, 0.3) is 0 Å². The molecule has 0 bridgehead atoms. The standard InChI is InChI=1S/C13H16Cl2FN/c14-8-10-3-5-17(6-4-10)9-11-7-12(15)1-2-13(11)16/h1-2,7,10H,3-6,8-9H2. The van der Waals surface area contributed by atoms with E-state index in [1.807, 2.05) is 0 Å². The Kier molecular flexibility index (Phi) is 4.66. The van der Waals surface area contributed by atoms with E-state index in [0.717, 1.165) is 31.8 Å². The maximum absolute atomic E-state index is 13.6. The van der Waals surface area contributed by atoms with E-state index in [4.69, 9.17) is 23.2 Å². The van der Waals surface area contributed by atoms with Gasteiger partial charge >= 0.3 is 0 Å². The van der Waals surface area contributed by atoms with Crippen LogP contribution < -0.4 is 0 Å². The molecule has 2 rings (SSSR count). The Morgan fingerprint density at radius 2 is 2.00 bits per heavy atom. The lowest BCUT2D eigenvalue weighted by molar-refractivity contribution is 0.184. The van der Waals surface area contributed by atoms with Crippen LogP contribution in [0.5, 0.6) is 0 Å². The number of likely N-dealkylation sites (tertiary alicyclic amines) is 1. The van der Waals surface area contributed by atoms with Gasteiger partial charge in [0.1, 0.15) is 5.82 Å². The Morgan fingerprint density at radius 1 is 1.29 bits per heavy atom. The van der Waals surface area contributed by atoms with Crippen molar-refractivity contribution in [2.45, 2.75) is 19.4 Å². The third-order valence-electron chi connectivity index (χ3n) is 3.33. The summed E-state index contributed by atoms with van der Waals surface area (Å²) in [5, 5.41) is 0.594. The molecule has 0 radical (unpaired) electrons. The van der Waals surface area contributed by atoms with Gasteiger partial charge in [-0.3, -0.25) is 4.90 Å². The highest BCUT2D eigenvalue weighted by atomic mass is 35.5. The van der Waals surface area contributed by atoms with E-state index in [-0.39, 0.29) is 5.82 Å². The number of hydrogen-bond donors (Lipinski definition) is 0. The minimum Gasteiger partial charge on any atom is -0.299 e. The average molecular weight is 276 g/mol. The van der Waals surface area contributed by atoms with Gasteiger partial charge in [-0.05, 0) is 50.0 Å². The maximum Gasteiger partial charge on any atom is 0.127 e. The minimum absolute atomic E-state index is 0.172. The summed E-state index contributed by atoms with van der Waals surface area (Å²) in [7, 11) is 0. The van der Waals surface area contributed by atoms with Crippen LogP contribution in [0, 0.1) is 11.7 Å². The lowest BCUT2D eigenvalue weighted by Crippen LogP contribution is -2.33. The van der Waals surface area contributed by atoms with Crippen LogP contribution in [0.15, 0.2) is 18.2 Å². The zero-order valence-electron chi connectivity index (χ0n) is 9.63. The third-order valence-corrected chi connectivity index (χ3v) is 4.00. The quantitative estimate of drug-likeness (QED) is 0.756. The van der Waals surface area contributed by atoms with Crippen LogP contribution in [0.4, 0.5) is 4.39 Å². The summed E-state index contributed by atoms with van der Waals surface area (Å²) in [6.45, 7) is 2.62. The van der Waals surface area contributed by atoms with Crippen LogP contribution in [-0.2, 0) is 6.54 Å². The highest BCUT2D eigenvalue weighted by Crippen LogP contribution is 2.22. The first kappa shape index (κ1) is 13.1. The Bertz CT molecular complexity index is 376. The second kappa shape index (κ2) is 6.03. The van der Waals surface area contributed by atoms with E-state index < -0.39 is 0 Å². The molecule has 17 heavy (non-hydrogen) atoms. The van der Waals surface area contributed by atoms with Crippen molar-refractivity contribution in [3.05, 3.63) is 34.6 Å². The third kappa shape index (κ3) is 3.57. The molecule has 1 heterocycles. The first-order valence-corrected chi connectivity index (χ1v) is 6.82. The highest BCUT2D eigenvalue weighted by molar-refractivity contribution is 6.30. The molecule has 1 aromatic carbocycles. The summed E-state index contributed by atoms with van der Waals surface area (Å²) in [5.74, 6) is 1.19. The van der Waals surface area contributed by atoms with E-state index in [9.17, 15) is 4.39 Å². The molecule has 0 amide bonds. The molecule has 1 aliphatic heterocycles. The van der Waals surface area contributed by atoms with Gasteiger partial charge in [-0.2, -0.15) is 0 Å². The van der Waals surface area contributed by atoms with Crippen LogP contribution in [0.2, 0.25) is 5.02 Å². The summed E-state index contributed by atoms with van der Waals surface area (Å²) >= 11 is 11.7. The van der Waals surface area contributed by atoms with Crippen molar-refractivity contribution in [1.29, 1.82) is 0 Å². The van der Waals surface area contributed by atoms with E-state index >= 15 is 0 Å². The van der Waals surface area contributed by atoms with Gasteiger partial charge in [0.05, 0.1) is 0 Å². The SMILES string of the molecule is Fc1ccc(Cl)cc1CN1CCC(CCl)CC1. The molecule has 1 aromatic rings. The van der Waals surface area contributed by atoms with Gasteiger partial charge in [0, 0.05) is 23.0 Å². The molecule has 0 saturated carbocycles. The van der Waals surface area contributed by atoms with Crippen LogP contribution in [0.3, 0.4) is 0 Å². The zero-order valence-corrected chi connectivity index (χ0v) is 11.1. The second-order valence-corrected chi connectivity index (χ2v) is 5.35. The molecule has 1 nitrogen and oxygen atoms in total. The second-order valence-electron chi connectivity index (χ2n) is 4.61. The fourth-order valence-corrected chi connectivity index (χ4v) is 2.71. The Labute approximate surface area is 112 Å². The van der Waals surface area contributed by atoms with Crippen molar-refractivity contribution in [3.8, 4) is 0 Å². The number of alkyl halides is 1. The number of nitrogens with zero attached hydrogens (tertiary/aromatic N) is 1. The van der Waals surface area contributed by atoms with Crippen LogP contribution in [-0.4, -0.2) is 23.9 Å². The molecule has 94 valence electrons. The van der Waals surface area contributed by atoms with E-state index in [1.165, 1.54) is 6.07 Å². The normalized spacial score (nSPS) is 18.5. The fourth-order valence-electron chi connectivity index (χ4n) is 2.20. The molecule has 0 aliphatic carbocycles. The van der Waals surface area contributed by atoms with Gasteiger partial charge in [0.15, 0.2) is 0 Å². The molecule has 0 N–H and O–H groups in total. The van der Waals surface area contributed by atoms with E-state index in [0.29, 0.717) is 23.0 Å². The van der Waals surface area contributed by atoms with Gasteiger partial charge < -0.3 is 0 Å². The fraction of sp³-hybridized carbons (Fsp3) is 0.538. The van der Waals surface area contributed by atoms with Gasteiger partial charge in [0.2, 0.25) is 0 Å². The first-order valence-electron chi connectivity index (χ1n) is 5.91. The van der Waals surface area contributed by atoms with E-state index in [1.54, 1.807) is 12.1 Å². The Balaban J connectivity index is 1.95. The predicted octanol–water partition coefficient (Wildman–Crippen LogP) is 3.93. The number of hydrogen-bond acceptors (Lipinski definition) is 1. The molecule has 0 unspecified atom stereocenters. The van der Waals surface area contributed by atoms with Gasteiger partial charge in [-0.25, -0.2) is 4.39 Å². The molecule has 0 atom stereocenters. The van der Waals surface area contributed by atoms with Crippen LogP contribution in [0.1, 0.15) is 18.4 Å². The lowest BCUT2D eigenvalue weighted by atomic mass is 9.98. The zero-order chi connectivity index (χ0) is 12.3. The summed E-state index contributed by atoms with van der Waals surface area (Å²) in [6.07, 6.45) is 2.21. The van der Waals surface area contributed by atoms with Crippen LogP contribution >= 0.6 is 23.2 Å². The molecule has 0 spiro atoms. The van der Waals surface area contributed by atoms with Gasteiger partial charge in [-0.15, -0.1) is 11.6 Å². The van der Waals surface area contributed by atoms with Crippen molar-refractivity contribution in [2.24, 2.45) is 5.92 Å². The number of piperidine rings is 1.